The van der Waals surface area contributed by atoms with Crippen molar-refractivity contribution in [2.24, 2.45) is 0 Å². The minimum Gasteiger partial charge on any atom is -0.310 e. The molecule has 0 saturated heterocycles. The number of halogens is 1. The lowest BCUT2D eigenvalue weighted by Crippen LogP contribution is -2.14. The van der Waals surface area contributed by atoms with Gasteiger partial charge >= 0.3 is 0 Å². The van der Waals surface area contributed by atoms with Crippen molar-refractivity contribution in [2.75, 3.05) is 0 Å². The average molecular weight is 345 g/mol. The van der Waals surface area contributed by atoms with Gasteiger partial charge in [-0.05, 0) is 36.8 Å². The third-order valence-corrected chi connectivity index (χ3v) is 4.13. The lowest BCUT2D eigenvalue weighted by atomic mass is 9.98. The first-order chi connectivity index (χ1) is 12.6. The maximum absolute atomic E-state index is 14.1. The molecule has 0 fully saturated rings. The van der Waals surface area contributed by atoms with Crippen LogP contribution in [-0.2, 0) is 0 Å². The summed E-state index contributed by atoms with van der Waals surface area (Å²) >= 11 is 0. The predicted octanol–water partition coefficient (Wildman–Crippen LogP) is 3.30. The molecule has 126 valence electrons. The number of aromatic amines is 2. The normalized spacial score (nSPS) is 10.8. The molecule has 0 atom stereocenters. The summed E-state index contributed by atoms with van der Waals surface area (Å²) in [5.74, 6) is -0.233. The molecule has 0 saturated carbocycles. The van der Waals surface area contributed by atoms with E-state index in [2.05, 4.69) is 20.2 Å². The van der Waals surface area contributed by atoms with E-state index in [0.29, 0.717) is 28.2 Å². The monoisotopic (exact) mass is 345 g/mol. The van der Waals surface area contributed by atoms with Crippen molar-refractivity contribution in [1.82, 2.24) is 20.2 Å². The second-order valence-electron chi connectivity index (χ2n) is 5.85. The topological polar surface area (TPSA) is 98.2 Å². The molecule has 2 heterocycles. The van der Waals surface area contributed by atoms with Crippen molar-refractivity contribution in [1.29, 1.82) is 5.26 Å². The maximum atomic E-state index is 14.1. The number of rotatable bonds is 2. The van der Waals surface area contributed by atoms with Crippen molar-refractivity contribution in [3.8, 4) is 28.5 Å². The number of fused-ring (bicyclic) bond motifs is 1. The number of aromatic nitrogens is 4. The maximum Gasteiger partial charge on any atom is 0.259 e. The number of hydrogen-bond donors (Lipinski definition) is 2. The Labute approximate surface area is 147 Å². The molecule has 0 unspecified atom stereocenters. The Morgan fingerprint density at radius 1 is 1.15 bits per heavy atom. The summed E-state index contributed by atoms with van der Waals surface area (Å²) in [7, 11) is 0. The molecule has 6 nitrogen and oxygen atoms in total. The standard InChI is InChI=1S/C19H12FN5O/c1-10-23-18(12-2-3-13(8-21)15(20)7-12)17(19(26)24-10)11-4-5-16-14(6-11)9-22-25-16/h2-7,9H,1H3,(H,22,25)(H,23,24,26). The third kappa shape index (κ3) is 2.54. The molecule has 7 heteroatoms. The van der Waals surface area contributed by atoms with Gasteiger partial charge in [-0.15, -0.1) is 0 Å². The van der Waals surface area contributed by atoms with Crippen LogP contribution in [0.25, 0.3) is 33.3 Å². The highest BCUT2D eigenvalue weighted by Crippen LogP contribution is 2.30. The van der Waals surface area contributed by atoms with Crippen molar-refractivity contribution in [3.05, 3.63) is 70.2 Å². The van der Waals surface area contributed by atoms with Crippen LogP contribution in [0.2, 0.25) is 0 Å². The summed E-state index contributed by atoms with van der Waals surface area (Å²) in [4.78, 5) is 19.8. The second kappa shape index (κ2) is 5.93. The van der Waals surface area contributed by atoms with Crippen LogP contribution in [0.15, 0.2) is 47.4 Å². The number of H-pyrrole nitrogens is 2. The average Bonchev–Trinajstić information content (AvgIpc) is 3.08. The second-order valence-corrected chi connectivity index (χ2v) is 5.85. The van der Waals surface area contributed by atoms with Gasteiger partial charge in [0, 0.05) is 10.9 Å². The lowest BCUT2D eigenvalue weighted by molar-refractivity contribution is 0.624. The van der Waals surface area contributed by atoms with Gasteiger partial charge in [0.1, 0.15) is 17.7 Å². The molecule has 0 radical (unpaired) electrons. The van der Waals surface area contributed by atoms with Gasteiger partial charge < -0.3 is 4.98 Å². The van der Waals surface area contributed by atoms with Crippen LogP contribution in [0.5, 0.6) is 0 Å². The molecule has 4 aromatic rings. The summed E-state index contributed by atoms with van der Waals surface area (Å²) in [6.45, 7) is 1.66. The van der Waals surface area contributed by atoms with Crippen molar-refractivity contribution >= 4 is 10.9 Å². The zero-order valence-corrected chi connectivity index (χ0v) is 13.7. The van der Waals surface area contributed by atoms with E-state index in [9.17, 15) is 9.18 Å². The summed E-state index contributed by atoms with van der Waals surface area (Å²) in [6.07, 6.45) is 1.66. The SMILES string of the molecule is Cc1nc(-c2ccc(C#N)c(F)c2)c(-c2ccc3[nH]ncc3c2)c(=O)[nH]1. The number of benzene rings is 2. The Kier molecular flexibility index (Phi) is 3.59. The van der Waals surface area contributed by atoms with Crippen LogP contribution < -0.4 is 5.56 Å². The summed E-state index contributed by atoms with van der Waals surface area (Å²) in [5, 5.41) is 16.6. The zero-order chi connectivity index (χ0) is 18.3. The van der Waals surface area contributed by atoms with E-state index < -0.39 is 5.82 Å². The van der Waals surface area contributed by atoms with Crippen LogP contribution in [0, 0.1) is 24.1 Å². The molecular formula is C19H12FN5O. The Balaban J connectivity index is 1.99. The van der Waals surface area contributed by atoms with Gasteiger partial charge in [-0.3, -0.25) is 9.89 Å². The fourth-order valence-corrected chi connectivity index (χ4v) is 2.91. The Hall–Kier alpha value is -3.79. The van der Waals surface area contributed by atoms with Crippen molar-refractivity contribution < 1.29 is 4.39 Å². The first kappa shape index (κ1) is 15.7. The number of hydrogen-bond acceptors (Lipinski definition) is 4. The summed E-state index contributed by atoms with van der Waals surface area (Å²) in [5.41, 5.74) is 2.23. The van der Waals surface area contributed by atoms with Gasteiger partial charge in [-0.25, -0.2) is 9.37 Å². The van der Waals surface area contributed by atoms with E-state index >= 15 is 0 Å². The number of nitrogens with zero attached hydrogens (tertiary/aromatic N) is 3. The fraction of sp³-hybridized carbons (Fsp3) is 0.0526. The van der Waals surface area contributed by atoms with E-state index in [1.54, 1.807) is 31.3 Å². The fourth-order valence-electron chi connectivity index (χ4n) is 2.91. The quantitative estimate of drug-likeness (QED) is 0.582. The summed E-state index contributed by atoms with van der Waals surface area (Å²) in [6, 6.07) is 11.4. The Bertz CT molecular complexity index is 1250. The molecule has 4 rings (SSSR count). The van der Waals surface area contributed by atoms with E-state index in [4.69, 9.17) is 5.26 Å². The molecule has 0 amide bonds. The van der Waals surface area contributed by atoms with Gasteiger partial charge in [0.25, 0.3) is 5.56 Å². The highest BCUT2D eigenvalue weighted by Gasteiger charge is 2.16. The van der Waals surface area contributed by atoms with Gasteiger partial charge in [0.15, 0.2) is 0 Å². The minimum absolute atomic E-state index is 0.0586. The molecule has 0 bridgehead atoms. The molecule has 0 aliphatic rings. The van der Waals surface area contributed by atoms with Crippen molar-refractivity contribution in [2.45, 2.75) is 6.92 Å². The van der Waals surface area contributed by atoms with E-state index in [-0.39, 0.29) is 11.1 Å². The van der Waals surface area contributed by atoms with Crippen LogP contribution in [0.3, 0.4) is 0 Å². The number of nitrogens with one attached hydrogen (secondary N) is 2. The first-order valence-electron chi connectivity index (χ1n) is 7.81. The van der Waals surface area contributed by atoms with E-state index in [0.717, 1.165) is 10.9 Å². The lowest BCUT2D eigenvalue weighted by Gasteiger charge is -2.10. The first-order valence-corrected chi connectivity index (χ1v) is 7.81. The molecule has 0 aliphatic heterocycles. The van der Waals surface area contributed by atoms with E-state index in [1.807, 2.05) is 12.1 Å². The van der Waals surface area contributed by atoms with Gasteiger partial charge in [0.2, 0.25) is 0 Å². The number of aryl methyl sites for hydroxylation is 1. The molecule has 2 N–H and O–H groups in total. The molecule has 0 spiro atoms. The van der Waals surface area contributed by atoms with Gasteiger partial charge in [0.05, 0.1) is 28.5 Å². The minimum atomic E-state index is -0.652. The predicted molar refractivity (Wildman–Crippen MR) is 94.8 cm³/mol. The van der Waals surface area contributed by atoms with Crippen LogP contribution in [-0.4, -0.2) is 20.2 Å². The highest BCUT2D eigenvalue weighted by molar-refractivity contribution is 5.88. The van der Waals surface area contributed by atoms with Gasteiger partial charge in [-0.1, -0.05) is 12.1 Å². The third-order valence-electron chi connectivity index (χ3n) is 4.13. The summed E-state index contributed by atoms with van der Waals surface area (Å²) < 4.78 is 14.1. The highest BCUT2D eigenvalue weighted by atomic mass is 19.1. The molecule has 2 aromatic carbocycles. The van der Waals surface area contributed by atoms with Crippen LogP contribution >= 0.6 is 0 Å². The molecule has 2 aromatic heterocycles. The smallest absolute Gasteiger partial charge is 0.259 e. The van der Waals surface area contributed by atoms with E-state index in [1.165, 1.54) is 12.1 Å². The van der Waals surface area contributed by atoms with Crippen LogP contribution in [0.1, 0.15) is 11.4 Å². The Morgan fingerprint density at radius 3 is 2.73 bits per heavy atom. The Morgan fingerprint density at radius 2 is 1.96 bits per heavy atom. The molecule has 26 heavy (non-hydrogen) atoms. The zero-order valence-electron chi connectivity index (χ0n) is 13.7. The number of nitriles is 1. The largest absolute Gasteiger partial charge is 0.310 e. The molecule has 0 aliphatic carbocycles. The molecular weight excluding hydrogens is 333 g/mol. The van der Waals surface area contributed by atoms with Gasteiger partial charge in [-0.2, -0.15) is 10.4 Å². The van der Waals surface area contributed by atoms with Crippen molar-refractivity contribution in [3.63, 3.8) is 0 Å². The van der Waals surface area contributed by atoms with Crippen LogP contribution in [0.4, 0.5) is 4.39 Å².